The lowest BCUT2D eigenvalue weighted by Crippen LogP contribution is -2.30. The number of amides is 2. The molecule has 0 spiro atoms. The Morgan fingerprint density at radius 3 is 2.72 bits per heavy atom. The predicted molar refractivity (Wildman–Crippen MR) is 73.1 cm³/mol. The molecule has 0 aliphatic rings. The normalized spacial score (nSPS) is 10.1. The number of nitrogens with zero attached hydrogens (tertiary/aromatic N) is 2. The molecule has 0 radical (unpaired) electrons. The van der Waals surface area contributed by atoms with Gasteiger partial charge in [-0.15, -0.1) is 16.7 Å². The first kappa shape index (κ1) is 12.8. The van der Waals surface area contributed by atoms with Crippen LogP contribution in [-0.2, 0) is 0 Å². The minimum atomic E-state index is -0.261. The van der Waals surface area contributed by atoms with Gasteiger partial charge in [-0.25, -0.2) is 4.79 Å². The summed E-state index contributed by atoms with van der Waals surface area (Å²) in [6.07, 6.45) is 1.71. The van der Waals surface area contributed by atoms with Gasteiger partial charge >= 0.3 is 6.03 Å². The molecule has 0 aliphatic carbocycles. The molecule has 7 heteroatoms. The van der Waals surface area contributed by atoms with Crippen LogP contribution in [0.1, 0.15) is 0 Å². The van der Waals surface area contributed by atoms with E-state index in [1.165, 1.54) is 11.5 Å². The van der Waals surface area contributed by atoms with Gasteiger partial charge in [-0.05, 0) is 29.2 Å². The van der Waals surface area contributed by atoms with E-state index in [2.05, 4.69) is 20.2 Å². The van der Waals surface area contributed by atoms with Crippen molar-refractivity contribution in [3.8, 4) is 10.4 Å². The highest BCUT2D eigenvalue weighted by molar-refractivity contribution is 7.09. The topological polar surface area (TPSA) is 66.9 Å². The van der Waals surface area contributed by atoms with Crippen LogP contribution in [0.3, 0.4) is 0 Å². The molecule has 2 amide bonds. The van der Waals surface area contributed by atoms with E-state index in [1.54, 1.807) is 6.20 Å². The number of urea groups is 1. The zero-order valence-corrected chi connectivity index (χ0v) is 11.0. The van der Waals surface area contributed by atoms with Gasteiger partial charge in [0.05, 0.1) is 11.1 Å². The van der Waals surface area contributed by atoms with Gasteiger partial charge in [-0.2, -0.15) is 0 Å². The van der Waals surface area contributed by atoms with Crippen molar-refractivity contribution < 1.29 is 4.79 Å². The minimum Gasteiger partial charge on any atom is -0.337 e. The number of hydrogen-bond donors (Lipinski definition) is 2. The van der Waals surface area contributed by atoms with E-state index in [1.807, 2.05) is 24.3 Å². The third-order valence-electron chi connectivity index (χ3n) is 2.17. The molecular formula is C11H11ClN4OS. The first-order chi connectivity index (χ1) is 8.79. The van der Waals surface area contributed by atoms with Crippen molar-refractivity contribution in [1.29, 1.82) is 0 Å². The lowest BCUT2D eigenvalue weighted by molar-refractivity contribution is 0.252. The quantitative estimate of drug-likeness (QED) is 0.847. The van der Waals surface area contributed by atoms with Crippen LogP contribution in [0.2, 0.25) is 0 Å². The minimum absolute atomic E-state index is 0.261. The van der Waals surface area contributed by atoms with Gasteiger partial charge < -0.3 is 10.6 Å². The average Bonchev–Trinajstić information content (AvgIpc) is 2.91. The number of benzene rings is 1. The number of hydrogen-bond acceptors (Lipinski definition) is 4. The molecule has 0 saturated carbocycles. The van der Waals surface area contributed by atoms with Crippen LogP contribution in [0.4, 0.5) is 10.5 Å². The third kappa shape index (κ3) is 3.41. The zero-order valence-electron chi connectivity index (χ0n) is 9.39. The smallest absolute Gasteiger partial charge is 0.319 e. The van der Waals surface area contributed by atoms with Crippen molar-refractivity contribution in [3.05, 3.63) is 30.5 Å². The van der Waals surface area contributed by atoms with Gasteiger partial charge in [0.25, 0.3) is 0 Å². The van der Waals surface area contributed by atoms with Crippen LogP contribution in [0.25, 0.3) is 10.4 Å². The van der Waals surface area contributed by atoms with Gasteiger partial charge in [0.2, 0.25) is 0 Å². The van der Waals surface area contributed by atoms with Crippen LogP contribution in [0, 0.1) is 0 Å². The maximum Gasteiger partial charge on any atom is 0.319 e. The van der Waals surface area contributed by atoms with Gasteiger partial charge in [0.1, 0.15) is 0 Å². The summed E-state index contributed by atoms with van der Waals surface area (Å²) in [5.41, 5.74) is 1.75. The van der Waals surface area contributed by atoms with Gasteiger partial charge in [0.15, 0.2) is 0 Å². The monoisotopic (exact) mass is 282 g/mol. The molecule has 2 N–H and O–H groups in total. The molecule has 2 aromatic rings. The number of alkyl halides is 1. The van der Waals surface area contributed by atoms with E-state index in [0.717, 1.165) is 16.1 Å². The standard InChI is InChI=1S/C11H11ClN4OS/c12-5-6-13-11(17)15-9-3-1-8(2-4-9)10-7-14-16-18-10/h1-4,7H,5-6H2,(H2,13,15,17). The van der Waals surface area contributed by atoms with E-state index in [-0.39, 0.29) is 6.03 Å². The molecule has 0 bridgehead atoms. The van der Waals surface area contributed by atoms with Crippen LogP contribution in [0.15, 0.2) is 30.5 Å². The SMILES string of the molecule is O=C(NCCCl)Nc1ccc(-c2cnns2)cc1. The van der Waals surface area contributed by atoms with Gasteiger partial charge in [-0.1, -0.05) is 16.6 Å². The molecule has 94 valence electrons. The Bertz CT molecular complexity index is 500. The second-order valence-corrected chi connectivity index (χ2v) is 4.59. The molecular weight excluding hydrogens is 272 g/mol. The molecule has 1 aromatic heterocycles. The average molecular weight is 283 g/mol. The molecule has 0 fully saturated rings. The number of carbonyl (C=O) groups is 1. The predicted octanol–water partition coefficient (Wildman–Crippen LogP) is 2.57. The molecule has 5 nitrogen and oxygen atoms in total. The van der Waals surface area contributed by atoms with Crippen molar-refractivity contribution >= 4 is 34.9 Å². The van der Waals surface area contributed by atoms with Crippen molar-refractivity contribution in [2.24, 2.45) is 0 Å². The number of anilines is 1. The Balaban J connectivity index is 1.98. The van der Waals surface area contributed by atoms with Gasteiger partial charge in [0, 0.05) is 18.1 Å². The number of halogens is 1. The molecule has 0 saturated heterocycles. The molecule has 2 rings (SSSR count). The lowest BCUT2D eigenvalue weighted by atomic mass is 10.2. The van der Waals surface area contributed by atoms with Crippen molar-refractivity contribution in [2.45, 2.75) is 0 Å². The van der Waals surface area contributed by atoms with Gasteiger partial charge in [-0.3, -0.25) is 0 Å². The number of aromatic nitrogens is 2. The number of carbonyl (C=O) groups excluding carboxylic acids is 1. The Labute approximate surface area is 113 Å². The fourth-order valence-corrected chi connectivity index (χ4v) is 1.96. The summed E-state index contributed by atoms with van der Waals surface area (Å²) in [4.78, 5) is 12.4. The molecule has 0 atom stereocenters. The zero-order chi connectivity index (χ0) is 12.8. The van der Waals surface area contributed by atoms with E-state index < -0.39 is 0 Å². The summed E-state index contributed by atoms with van der Waals surface area (Å²) < 4.78 is 3.80. The number of rotatable bonds is 4. The molecule has 0 aliphatic heterocycles. The highest BCUT2D eigenvalue weighted by Crippen LogP contribution is 2.23. The fraction of sp³-hybridized carbons (Fsp3) is 0.182. The second kappa shape index (κ2) is 6.32. The molecule has 1 aromatic carbocycles. The maximum absolute atomic E-state index is 11.4. The summed E-state index contributed by atoms with van der Waals surface area (Å²) in [5, 5.41) is 9.12. The Kier molecular flexibility index (Phi) is 4.49. The van der Waals surface area contributed by atoms with Crippen molar-refractivity contribution in [1.82, 2.24) is 14.9 Å². The summed E-state index contributed by atoms with van der Waals surface area (Å²) in [6.45, 7) is 0.442. The summed E-state index contributed by atoms with van der Waals surface area (Å²) >= 11 is 6.80. The van der Waals surface area contributed by atoms with Crippen LogP contribution >= 0.6 is 23.1 Å². The maximum atomic E-state index is 11.4. The van der Waals surface area contributed by atoms with Crippen LogP contribution < -0.4 is 10.6 Å². The Morgan fingerprint density at radius 1 is 1.33 bits per heavy atom. The van der Waals surface area contributed by atoms with Crippen LogP contribution in [-0.4, -0.2) is 28.0 Å². The third-order valence-corrected chi connectivity index (χ3v) is 3.07. The number of nitrogens with one attached hydrogen (secondary N) is 2. The van der Waals surface area contributed by atoms with E-state index in [0.29, 0.717) is 12.4 Å². The Morgan fingerprint density at radius 2 is 2.11 bits per heavy atom. The highest BCUT2D eigenvalue weighted by atomic mass is 35.5. The van der Waals surface area contributed by atoms with E-state index >= 15 is 0 Å². The van der Waals surface area contributed by atoms with Crippen LogP contribution in [0.5, 0.6) is 0 Å². The Hall–Kier alpha value is -1.66. The lowest BCUT2D eigenvalue weighted by Gasteiger charge is -2.06. The summed E-state index contributed by atoms with van der Waals surface area (Å²) in [6, 6.07) is 7.21. The highest BCUT2D eigenvalue weighted by Gasteiger charge is 2.03. The first-order valence-electron chi connectivity index (χ1n) is 5.28. The molecule has 18 heavy (non-hydrogen) atoms. The first-order valence-corrected chi connectivity index (χ1v) is 6.59. The summed E-state index contributed by atoms with van der Waals surface area (Å²) in [7, 11) is 0. The molecule has 1 heterocycles. The van der Waals surface area contributed by atoms with E-state index in [4.69, 9.17) is 11.6 Å². The largest absolute Gasteiger partial charge is 0.337 e. The van der Waals surface area contributed by atoms with Crippen molar-refractivity contribution in [3.63, 3.8) is 0 Å². The second-order valence-electron chi connectivity index (χ2n) is 3.43. The van der Waals surface area contributed by atoms with E-state index in [9.17, 15) is 4.79 Å². The fourth-order valence-electron chi connectivity index (χ4n) is 1.35. The molecule has 0 unspecified atom stereocenters. The van der Waals surface area contributed by atoms with Crippen molar-refractivity contribution in [2.75, 3.05) is 17.7 Å². The summed E-state index contributed by atoms with van der Waals surface area (Å²) in [5.74, 6) is 0.394.